The van der Waals surface area contributed by atoms with Gasteiger partial charge in [-0.2, -0.15) is 0 Å². The second-order valence-corrected chi connectivity index (χ2v) is 9.24. The molecule has 1 aliphatic carbocycles. The van der Waals surface area contributed by atoms with E-state index in [1.807, 2.05) is 40.9 Å². The molecule has 2 aliphatic rings. The van der Waals surface area contributed by atoms with Crippen molar-refractivity contribution in [1.82, 2.24) is 9.38 Å². The molecule has 2 fully saturated rings. The van der Waals surface area contributed by atoms with E-state index in [1.54, 1.807) is 0 Å². The number of hydrogen-bond acceptors (Lipinski definition) is 4. The molecule has 154 valence electrons. The van der Waals surface area contributed by atoms with Gasteiger partial charge in [-0.05, 0) is 63.7 Å². The van der Waals surface area contributed by atoms with Crippen molar-refractivity contribution in [2.75, 3.05) is 5.32 Å². The number of imidazole rings is 1. The summed E-state index contributed by atoms with van der Waals surface area (Å²) in [5, 5.41) is 2.94. The van der Waals surface area contributed by atoms with Gasteiger partial charge in [0.15, 0.2) is 5.82 Å². The number of nitrogens with one attached hydrogen (secondary N) is 1. The quantitative estimate of drug-likeness (QED) is 0.676. The van der Waals surface area contributed by atoms with Crippen LogP contribution in [0.2, 0.25) is 0 Å². The fourth-order valence-electron chi connectivity index (χ4n) is 3.70. The highest BCUT2D eigenvalue weighted by atomic mass is 16.7. The van der Waals surface area contributed by atoms with Crippen LogP contribution in [-0.2, 0) is 14.1 Å². The number of amides is 1. The smallest absolute Gasteiger partial charge is 0.399 e. The molecule has 3 heterocycles. The molecule has 1 saturated carbocycles. The molecule has 6 nitrogen and oxygen atoms in total. The van der Waals surface area contributed by atoms with Crippen LogP contribution in [0.3, 0.4) is 0 Å². The van der Waals surface area contributed by atoms with Crippen LogP contribution < -0.4 is 10.8 Å². The molecule has 0 unspecified atom stereocenters. The number of carbonyl (C=O) groups is 1. The van der Waals surface area contributed by atoms with Crippen molar-refractivity contribution >= 4 is 30.0 Å². The van der Waals surface area contributed by atoms with Crippen molar-refractivity contribution < 1.29 is 14.1 Å². The number of anilines is 1. The fraction of sp³-hybridized carbons (Fsp3) is 0.391. The van der Waals surface area contributed by atoms with Gasteiger partial charge in [-0.15, -0.1) is 0 Å². The van der Waals surface area contributed by atoms with Gasteiger partial charge in [0.1, 0.15) is 5.65 Å². The maximum absolute atomic E-state index is 12.1. The monoisotopic (exact) mass is 403 g/mol. The Balaban J connectivity index is 1.48. The Morgan fingerprint density at radius 3 is 2.50 bits per heavy atom. The lowest BCUT2D eigenvalue weighted by Gasteiger charge is -2.32. The van der Waals surface area contributed by atoms with Crippen LogP contribution in [0.5, 0.6) is 0 Å². The molecule has 1 N–H and O–H groups in total. The van der Waals surface area contributed by atoms with E-state index in [9.17, 15) is 4.79 Å². The number of carbonyl (C=O) groups excluding carboxylic acids is 1. The normalized spacial score (nSPS) is 19.9. The molecular weight excluding hydrogens is 377 g/mol. The first-order chi connectivity index (χ1) is 14.2. The van der Waals surface area contributed by atoms with Crippen molar-refractivity contribution in [2.45, 2.75) is 51.7 Å². The summed E-state index contributed by atoms with van der Waals surface area (Å²) in [5.41, 5.74) is 3.03. The van der Waals surface area contributed by atoms with Crippen LogP contribution in [0.25, 0.3) is 16.9 Å². The zero-order valence-corrected chi connectivity index (χ0v) is 17.8. The second kappa shape index (κ2) is 6.69. The molecule has 0 atom stereocenters. The van der Waals surface area contributed by atoms with Gasteiger partial charge in [-0.25, -0.2) is 4.98 Å². The van der Waals surface area contributed by atoms with Crippen molar-refractivity contribution in [3.63, 3.8) is 0 Å². The van der Waals surface area contributed by atoms with Crippen molar-refractivity contribution in [3.05, 3.63) is 48.7 Å². The summed E-state index contributed by atoms with van der Waals surface area (Å²) < 4.78 is 14.4. The average Bonchev–Trinajstić information content (AvgIpc) is 3.42. The second-order valence-electron chi connectivity index (χ2n) is 9.24. The van der Waals surface area contributed by atoms with Crippen molar-refractivity contribution in [3.8, 4) is 11.3 Å². The van der Waals surface area contributed by atoms with E-state index in [0.29, 0.717) is 5.82 Å². The van der Waals surface area contributed by atoms with E-state index in [4.69, 9.17) is 9.31 Å². The number of benzene rings is 1. The number of aromatic nitrogens is 2. The highest BCUT2D eigenvalue weighted by Crippen LogP contribution is 2.36. The molecule has 1 amide bonds. The van der Waals surface area contributed by atoms with Gasteiger partial charge in [0.2, 0.25) is 5.91 Å². The Kier molecular flexibility index (Phi) is 4.31. The highest BCUT2D eigenvalue weighted by molar-refractivity contribution is 6.62. The van der Waals surface area contributed by atoms with Crippen molar-refractivity contribution in [2.24, 2.45) is 5.92 Å². The molecule has 1 saturated heterocycles. The van der Waals surface area contributed by atoms with Crippen LogP contribution in [0, 0.1) is 5.92 Å². The fourth-order valence-corrected chi connectivity index (χ4v) is 3.70. The first-order valence-electron chi connectivity index (χ1n) is 10.5. The van der Waals surface area contributed by atoms with E-state index >= 15 is 0 Å². The predicted molar refractivity (Wildman–Crippen MR) is 118 cm³/mol. The topological polar surface area (TPSA) is 64.9 Å². The summed E-state index contributed by atoms with van der Waals surface area (Å²) in [6, 6.07) is 14.2. The van der Waals surface area contributed by atoms with Gasteiger partial charge in [-0.3, -0.25) is 9.20 Å². The maximum atomic E-state index is 12.1. The van der Waals surface area contributed by atoms with Gasteiger partial charge >= 0.3 is 7.12 Å². The number of pyridine rings is 1. The minimum atomic E-state index is -0.412. The minimum Gasteiger partial charge on any atom is -0.399 e. The van der Waals surface area contributed by atoms with E-state index in [2.05, 4.69) is 50.1 Å². The average molecular weight is 403 g/mol. The summed E-state index contributed by atoms with van der Waals surface area (Å²) >= 11 is 0. The lowest BCUT2D eigenvalue weighted by atomic mass is 9.78. The Bertz CT molecular complexity index is 1120. The standard InChI is InChI=1S/C23H26BN3O3/c1-22(2)23(3,4)30-24(29-22)17-8-5-7-16(13-17)18-9-6-10-20-25-19(14-27(18)20)26-21(28)15-11-12-15/h5-10,13-15H,11-12H2,1-4H3,(H,26,28). The molecule has 5 rings (SSSR count). The first kappa shape index (κ1) is 19.3. The molecule has 0 spiro atoms. The highest BCUT2D eigenvalue weighted by Gasteiger charge is 2.51. The molecule has 2 aromatic heterocycles. The van der Waals surface area contributed by atoms with Crippen LogP contribution in [-0.4, -0.2) is 33.6 Å². The van der Waals surface area contributed by atoms with Gasteiger partial charge in [-0.1, -0.05) is 30.3 Å². The third-order valence-electron chi connectivity index (χ3n) is 6.40. The van der Waals surface area contributed by atoms with Crippen molar-refractivity contribution in [1.29, 1.82) is 0 Å². The minimum absolute atomic E-state index is 0.0581. The number of nitrogens with zero attached hydrogens (tertiary/aromatic N) is 2. The van der Waals surface area contributed by atoms with Gasteiger partial charge in [0, 0.05) is 5.92 Å². The largest absolute Gasteiger partial charge is 0.494 e. The van der Waals surface area contributed by atoms with Crippen LogP contribution in [0.15, 0.2) is 48.7 Å². The Labute approximate surface area is 176 Å². The lowest BCUT2D eigenvalue weighted by molar-refractivity contribution is -0.117. The van der Waals surface area contributed by atoms with E-state index in [-0.39, 0.29) is 23.0 Å². The third kappa shape index (κ3) is 3.32. The Morgan fingerprint density at radius 2 is 1.80 bits per heavy atom. The van der Waals surface area contributed by atoms with E-state index in [1.165, 1.54) is 0 Å². The van der Waals surface area contributed by atoms with Gasteiger partial charge < -0.3 is 14.6 Å². The van der Waals surface area contributed by atoms with E-state index < -0.39 is 7.12 Å². The molecule has 0 bridgehead atoms. The zero-order valence-electron chi connectivity index (χ0n) is 17.8. The summed E-state index contributed by atoms with van der Waals surface area (Å²) in [5.74, 6) is 0.787. The number of rotatable bonds is 4. The summed E-state index contributed by atoms with van der Waals surface area (Å²) in [6.07, 6.45) is 3.82. The molecule has 1 aromatic carbocycles. The lowest BCUT2D eigenvalue weighted by Crippen LogP contribution is -2.41. The third-order valence-corrected chi connectivity index (χ3v) is 6.40. The molecule has 7 heteroatoms. The molecule has 3 aromatic rings. The van der Waals surface area contributed by atoms with Gasteiger partial charge in [0.25, 0.3) is 0 Å². The first-order valence-corrected chi connectivity index (χ1v) is 10.5. The van der Waals surface area contributed by atoms with Crippen LogP contribution >= 0.6 is 0 Å². The van der Waals surface area contributed by atoms with E-state index in [0.717, 1.165) is 35.2 Å². The number of hydrogen-bond donors (Lipinski definition) is 1. The predicted octanol–water partition coefficient (Wildman–Crippen LogP) is 3.65. The van der Waals surface area contributed by atoms with Crippen LogP contribution in [0.4, 0.5) is 5.82 Å². The molecule has 1 aliphatic heterocycles. The maximum Gasteiger partial charge on any atom is 0.494 e. The molecular formula is C23H26BN3O3. The van der Waals surface area contributed by atoms with Crippen LogP contribution in [0.1, 0.15) is 40.5 Å². The SMILES string of the molecule is CC1(C)OB(c2cccc(-c3cccc4nc(NC(=O)C5CC5)cn34)c2)OC1(C)C. The summed E-state index contributed by atoms with van der Waals surface area (Å²) in [7, 11) is -0.412. The Morgan fingerprint density at radius 1 is 1.10 bits per heavy atom. The molecule has 30 heavy (non-hydrogen) atoms. The van der Waals surface area contributed by atoms with Gasteiger partial charge in [0.05, 0.1) is 23.1 Å². The zero-order chi connectivity index (χ0) is 21.1. The molecule has 0 radical (unpaired) electrons. The Hall–Kier alpha value is -2.64. The number of fused-ring (bicyclic) bond motifs is 1. The summed E-state index contributed by atoms with van der Waals surface area (Å²) in [4.78, 5) is 16.7. The summed E-state index contributed by atoms with van der Waals surface area (Å²) in [6.45, 7) is 8.22.